The summed E-state index contributed by atoms with van der Waals surface area (Å²) in [7, 11) is -24.6. The van der Waals surface area contributed by atoms with Gasteiger partial charge in [0, 0.05) is 64.0 Å². The van der Waals surface area contributed by atoms with E-state index in [1.165, 1.54) is 33.7 Å². The van der Waals surface area contributed by atoms with Gasteiger partial charge < -0.3 is 89.7 Å². The third kappa shape index (κ3) is 25.0. The molecule has 2 unspecified atom stereocenters. The fourth-order valence-corrected chi connectivity index (χ4v) is 15.7. The lowest BCUT2D eigenvalue weighted by Gasteiger charge is -2.22. The van der Waals surface area contributed by atoms with Crippen molar-refractivity contribution in [3.63, 3.8) is 0 Å². The van der Waals surface area contributed by atoms with Crippen LogP contribution in [0.1, 0.15) is 72.0 Å². The third-order valence-corrected chi connectivity index (χ3v) is 21.9. The summed E-state index contributed by atoms with van der Waals surface area (Å²) < 4.78 is 162. The molecule has 3 aliphatic rings. The van der Waals surface area contributed by atoms with Gasteiger partial charge in [0.1, 0.15) is 30.8 Å². The van der Waals surface area contributed by atoms with Gasteiger partial charge in [-0.25, -0.2) is 32.9 Å². The number of alkyl carbamates (subject to hydrolysis) is 2. The Bertz CT molecular complexity index is 4410. The molecule has 3 heterocycles. The number of amides is 3. The molecule has 0 spiro atoms. The Labute approximate surface area is 574 Å². The number of nitrogens with zero attached hydrogens (tertiary/aromatic N) is 5. The monoisotopic (exact) mass is 1550 g/mol. The highest BCUT2D eigenvalue weighted by Gasteiger charge is 2.44. The molecule has 0 saturated carbocycles. The van der Waals surface area contributed by atoms with Crippen molar-refractivity contribution in [1.82, 2.24) is 25.5 Å². The van der Waals surface area contributed by atoms with E-state index in [-0.39, 0.29) is 109 Å². The number of ether oxygens (including phenoxy) is 7. The summed E-state index contributed by atoms with van der Waals surface area (Å²) in [6, 6.07) is 7.80. The Morgan fingerprint density at radius 1 is 0.860 bits per heavy atom. The van der Waals surface area contributed by atoms with E-state index in [2.05, 4.69) is 55.9 Å². The van der Waals surface area contributed by atoms with Crippen molar-refractivity contribution in [2.45, 2.75) is 72.5 Å². The largest absolute Gasteiger partial charge is 0.490 e. The van der Waals surface area contributed by atoms with Crippen LogP contribution in [0.15, 0.2) is 72.8 Å². The molecule has 2 aliphatic heterocycles. The van der Waals surface area contributed by atoms with Gasteiger partial charge in [0.25, 0.3) is 26.1 Å². The number of nitrogen functional groups attached to an aromatic ring is 2. The number of anilines is 2. The maximum Gasteiger partial charge on any atom is 0.490 e. The van der Waals surface area contributed by atoms with Gasteiger partial charge in [0.05, 0.1) is 81.1 Å². The zero-order valence-corrected chi connectivity index (χ0v) is 58.2. The Morgan fingerprint density at radius 3 is 2.20 bits per heavy atom. The number of azide groups is 1. The SMILES string of the molecule is CC(C)(CCOC(=O)NCCOCCOCCNC(=O)c1ccc(C(=O)O)c(-c2c3ccc(=N)c(S(=O)(=O)O)c-3oc3c(S(=O)(=O)O)c(N)ccc23)c1)SSCOCCCCOC(=O)NCC#Cc1cn([C@H]2C[C@@H](OCN=[N+]=[N-])[C@@H](COP(=O)(O)OP(=O)(O)OP(=O)(O)O)O2)c(=O)nc1N. The molecular weight excluding hydrogens is 1480 g/mol. The van der Waals surface area contributed by atoms with Crippen molar-refractivity contribution in [3.05, 3.63) is 91.6 Å². The van der Waals surface area contributed by atoms with Crippen LogP contribution in [0, 0.1) is 17.3 Å². The van der Waals surface area contributed by atoms with Crippen LogP contribution in [0.4, 0.5) is 21.1 Å². The summed E-state index contributed by atoms with van der Waals surface area (Å²) in [5, 5.41) is 28.3. The second-order valence-electron chi connectivity index (χ2n) is 21.0. The Morgan fingerprint density at radius 2 is 1.53 bits per heavy atom. The lowest BCUT2D eigenvalue weighted by atomic mass is 9.89. The summed E-state index contributed by atoms with van der Waals surface area (Å²) in [5.41, 5.74) is 16.9. The highest BCUT2D eigenvalue weighted by atomic mass is 33.1. The fourth-order valence-electron chi connectivity index (χ4n) is 8.90. The van der Waals surface area contributed by atoms with Crippen molar-refractivity contribution in [2.24, 2.45) is 5.11 Å². The van der Waals surface area contributed by atoms with Crippen LogP contribution in [0.3, 0.4) is 0 Å². The summed E-state index contributed by atoms with van der Waals surface area (Å²) in [6.45, 7) is 3.06. The predicted octanol–water partition coefficient (Wildman–Crippen LogP) is 4.45. The average Bonchev–Trinajstić information content (AvgIpc) is 0.775. The highest BCUT2D eigenvalue weighted by molar-refractivity contribution is 8.77. The molecule has 15 N–H and O–H groups in total. The van der Waals surface area contributed by atoms with E-state index in [4.69, 9.17) is 69.8 Å². The number of hydrogen-bond acceptors (Lipinski definition) is 30. The zero-order valence-electron chi connectivity index (χ0n) is 52.3. The number of carboxylic acids is 1. The molecule has 1 saturated heterocycles. The van der Waals surface area contributed by atoms with Gasteiger partial charge in [-0.3, -0.25) is 28.4 Å². The number of carbonyl (C=O) groups is 4. The molecule has 48 heteroatoms. The first-order valence-corrected chi connectivity index (χ1v) is 38.4. The van der Waals surface area contributed by atoms with E-state index in [0.717, 1.165) is 41.1 Å². The van der Waals surface area contributed by atoms with E-state index in [9.17, 15) is 78.5 Å². The number of fused-ring (bicyclic) bond motifs is 2. The second-order valence-corrected chi connectivity index (χ2v) is 31.1. The van der Waals surface area contributed by atoms with E-state index in [0.29, 0.717) is 31.8 Å². The van der Waals surface area contributed by atoms with Gasteiger partial charge in [0.2, 0.25) is 0 Å². The molecule has 0 radical (unpaired) electrons. The summed E-state index contributed by atoms with van der Waals surface area (Å²) >= 11 is 0. The Kier molecular flexibility index (Phi) is 29.8. The number of nitrogens with two attached hydrogens (primary N) is 2. The number of nitrogens with one attached hydrogen (secondary N) is 4. The molecule has 3 amide bonds. The van der Waals surface area contributed by atoms with Crippen LogP contribution < -0.4 is 38.5 Å². The lowest BCUT2D eigenvalue weighted by molar-refractivity contribution is -0.0601. The predicted molar refractivity (Wildman–Crippen MR) is 349 cm³/mol. The van der Waals surface area contributed by atoms with Crippen LogP contribution in [-0.2, 0) is 80.2 Å². The highest BCUT2D eigenvalue weighted by Crippen LogP contribution is 2.66. The zero-order chi connectivity index (χ0) is 73.8. The van der Waals surface area contributed by atoms with Gasteiger partial charge in [0.15, 0.2) is 21.1 Å². The van der Waals surface area contributed by atoms with Gasteiger partial charge >= 0.3 is 47.3 Å². The minimum absolute atomic E-state index is 0.00556. The van der Waals surface area contributed by atoms with Crippen molar-refractivity contribution in [3.8, 4) is 34.3 Å². The van der Waals surface area contributed by atoms with Crippen LogP contribution in [0.2, 0.25) is 0 Å². The standard InChI is InChI=1S/C52H66N11O30P3S4/c1-52(2,98-97-29-85-17-3-4-18-86-50(68)58-14-5-6-31-26-63(49(67)61-46(31)55)40-25-38(88-28-60-62-56)39(90-40)27-89-95(73,74)93-96(75,76)92-94(70,71)72)13-19-87-51(69)59-16-21-84-23-22-83-20-15-57-47(64)30-7-8-32(48(65)66)35(24-30)41-33-9-11-36(53)44(99(77,78)79)42(33)91-43-34(41)10-12-37(54)45(43)100(80,81)82/h7-12,24,26,38-40,53H,3-4,13-23,25,27-29,54H2,1-2H3,(H,57,64)(H,58,68)(H,59,69)(H,65,66)(H,73,74)(H,75,76)(H2,55,61,67)(H2,70,71,72)(H,77,78,79)(H,80,81,82)/t38-,39-,40-/m1/s1. The minimum Gasteiger partial charge on any atom is -0.478 e. The van der Waals surface area contributed by atoms with Crippen molar-refractivity contribution in [2.75, 3.05) is 96.6 Å². The number of aromatic nitrogens is 2. The second kappa shape index (κ2) is 36.5. The first-order valence-electron chi connectivity index (χ1n) is 28.7. The number of rotatable bonds is 38. The number of aromatic carboxylic acids is 1. The molecule has 100 heavy (non-hydrogen) atoms. The first-order chi connectivity index (χ1) is 46.9. The molecule has 3 aromatic rings. The van der Waals surface area contributed by atoms with Gasteiger partial charge in [-0.05, 0) is 86.7 Å². The van der Waals surface area contributed by atoms with Crippen molar-refractivity contribution >= 4 is 112 Å². The number of phosphoric acid groups is 3. The van der Waals surface area contributed by atoms with E-state index >= 15 is 0 Å². The first kappa shape index (κ1) is 81.7. The molecule has 1 aromatic heterocycles. The van der Waals surface area contributed by atoms with Crippen LogP contribution in [0.25, 0.3) is 43.9 Å². The maximum atomic E-state index is 13.4. The number of phosphoric ester groups is 1. The van der Waals surface area contributed by atoms with E-state index < -0.39 is 143 Å². The Hall–Kier alpha value is -7.31. The molecule has 6 rings (SSSR count). The normalized spacial score (nSPS) is 16.1. The third-order valence-electron chi connectivity index (χ3n) is 13.2. The van der Waals surface area contributed by atoms with Crippen LogP contribution >= 0.6 is 45.1 Å². The smallest absolute Gasteiger partial charge is 0.478 e. The van der Waals surface area contributed by atoms with Crippen LogP contribution in [0.5, 0.6) is 0 Å². The Balaban J connectivity index is 0.812. The molecule has 0 bridgehead atoms. The van der Waals surface area contributed by atoms with Crippen molar-refractivity contribution in [1.29, 1.82) is 5.41 Å². The summed E-state index contributed by atoms with van der Waals surface area (Å²) in [4.78, 5) is 104. The van der Waals surface area contributed by atoms with Crippen molar-refractivity contribution < 1.29 is 134 Å². The van der Waals surface area contributed by atoms with E-state index in [1.807, 2.05) is 13.8 Å². The molecule has 41 nitrogen and oxygen atoms in total. The van der Waals surface area contributed by atoms with Gasteiger partial charge in [-0.2, -0.15) is 30.4 Å². The molecule has 2 aromatic carbocycles. The fraction of sp³-hybridized carbons (Fsp3) is 0.442. The lowest BCUT2D eigenvalue weighted by Crippen LogP contribution is -2.30. The average molecular weight is 1550 g/mol. The molecule has 1 aliphatic carbocycles. The van der Waals surface area contributed by atoms with Gasteiger partial charge in [-0.15, -0.1) is 0 Å². The topological polar surface area (TPSA) is 630 Å². The number of benzene rings is 3. The number of hydrogen-bond donors (Lipinski definition) is 13. The van der Waals surface area contributed by atoms with E-state index in [1.54, 1.807) is 0 Å². The van der Waals surface area contributed by atoms with Crippen LogP contribution in [-0.4, -0.2) is 186 Å². The maximum absolute atomic E-state index is 13.4. The molecule has 5 atom stereocenters. The number of unbranched alkanes of at least 4 members (excludes halogenated alkanes) is 1. The number of carbonyl (C=O) groups excluding carboxylic acids is 3. The summed E-state index contributed by atoms with van der Waals surface area (Å²) in [6.07, 6.45) is -2.77. The number of carboxylic acid groups (broad SMARTS) is 1. The molecular formula is C52H66N11O30P3S4. The molecule has 1 fully saturated rings. The molecule has 548 valence electrons. The quantitative estimate of drug-likeness (QED) is 0.00222. The van der Waals surface area contributed by atoms with Gasteiger partial charge in [-0.1, -0.05) is 38.5 Å². The summed E-state index contributed by atoms with van der Waals surface area (Å²) in [5.74, 6) is 2.28. The minimum atomic E-state index is -5.84.